The number of hydrogen-bond donors (Lipinski definition) is 0. The minimum atomic E-state index is 0.199. The first-order valence-corrected chi connectivity index (χ1v) is 8.65. The molecule has 120 valence electrons. The Kier molecular flexibility index (Phi) is 5.12. The summed E-state index contributed by atoms with van der Waals surface area (Å²) >= 11 is 0. The number of likely N-dealkylation sites (tertiary alicyclic amines) is 1. The van der Waals surface area contributed by atoms with Gasteiger partial charge in [0.1, 0.15) is 0 Å². The lowest BCUT2D eigenvalue weighted by Gasteiger charge is -2.24. The third kappa shape index (κ3) is 4.01. The molecule has 1 atom stereocenters. The summed E-state index contributed by atoms with van der Waals surface area (Å²) in [7, 11) is 0. The van der Waals surface area contributed by atoms with Crippen LogP contribution in [0.5, 0.6) is 0 Å². The number of nitrogens with zero attached hydrogens (tertiary/aromatic N) is 1. The Morgan fingerprint density at radius 1 is 1.04 bits per heavy atom. The van der Waals surface area contributed by atoms with Gasteiger partial charge in [-0.2, -0.15) is 0 Å². The third-order valence-electron chi connectivity index (χ3n) is 4.68. The average molecular weight is 307 g/mol. The molecule has 0 N–H and O–H groups in total. The highest BCUT2D eigenvalue weighted by atomic mass is 16.2. The van der Waals surface area contributed by atoms with E-state index in [1.807, 2.05) is 24.3 Å². The van der Waals surface area contributed by atoms with Gasteiger partial charge >= 0.3 is 0 Å². The molecular weight excluding hydrogens is 282 g/mol. The lowest BCUT2D eigenvalue weighted by Crippen LogP contribution is -2.34. The number of rotatable bonds is 3. The molecule has 0 bridgehead atoms. The molecule has 2 aromatic carbocycles. The van der Waals surface area contributed by atoms with Crippen molar-refractivity contribution in [1.82, 2.24) is 4.90 Å². The van der Waals surface area contributed by atoms with Gasteiger partial charge in [-0.15, -0.1) is 0 Å². The molecule has 3 rings (SSSR count). The second-order valence-electron chi connectivity index (χ2n) is 6.67. The Morgan fingerprint density at radius 3 is 2.61 bits per heavy atom. The van der Waals surface area contributed by atoms with Crippen molar-refractivity contribution in [3.63, 3.8) is 0 Å². The third-order valence-corrected chi connectivity index (χ3v) is 4.68. The van der Waals surface area contributed by atoms with Gasteiger partial charge in [-0.1, -0.05) is 61.9 Å². The Hall–Kier alpha value is -2.09. The fourth-order valence-electron chi connectivity index (χ4n) is 3.41. The molecule has 1 unspecified atom stereocenters. The zero-order valence-corrected chi connectivity index (χ0v) is 13.9. The monoisotopic (exact) mass is 307 g/mol. The summed E-state index contributed by atoms with van der Waals surface area (Å²) in [5, 5.41) is 0. The SMILES string of the molecule is CC1CCCCN(C(=O)c2ccccc2Cc2ccccc2)C1. The Bertz CT molecular complexity index is 650. The summed E-state index contributed by atoms with van der Waals surface area (Å²) in [4.78, 5) is 15.1. The Labute approximate surface area is 139 Å². The summed E-state index contributed by atoms with van der Waals surface area (Å²) in [6, 6.07) is 18.4. The van der Waals surface area contributed by atoms with Crippen LogP contribution in [-0.2, 0) is 6.42 Å². The van der Waals surface area contributed by atoms with Crippen LogP contribution in [0, 0.1) is 5.92 Å². The lowest BCUT2D eigenvalue weighted by molar-refractivity contribution is 0.0744. The van der Waals surface area contributed by atoms with Crippen molar-refractivity contribution in [2.24, 2.45) is 5.92 Å². The fraction of sp³-hybridized carbons (Fsp3) is 0.381. The molecule has 1 aliphatic rings. The van der Waals surface area contributed by atoms with Gasteiger partial charge in [0, 0.05) is 18.7 Å². The van der Waals surface area contributed by atoms with Crippen molar-refractivity contribution in [2.45, 2.75) is 32.6 Å². The van der Waals surface area contributed by atoms with Gasteiger partial charge in [0.15, 0.2) is 0 Å². The highest BCUT2D eigenvalue weighted by Crippen LogP contribution is 2.21. The number of carbonyl (C=O) groups is 1. The van der Waals surface area contributed by atoms with E-state index in [0.717, 1.165) is 37.1 Å². The first-order valence-electron chi connectivity index (χ1n) is 8.65. The molecule has 1 saturated heterocycles. The maximum atomic E-state index is 13.0. The molecule has 2 aromatic rings. The standard InChI is InChI=1S/C21H25NO/c1-17-9-7-8-14-22(16-17)21(23)20-13-6-5-12-19(20)15-18-10-3-2-4-11-18/h2-6,10-13,17H,7-9,14-16H2,1H3. The summed E-state index contributed by atoms with van der Waals surface area (Å²) in [6.07, 6.45) is 4.40. The second-order valence-corrected chi connectivity index (χ2v) is 6.67. The van der Waals surface area contributed by atoms with E-state index in [0.29, 0.717) is 5.92 Å². The highest BCUT2D eigenvalue weighted by Gasteiger charge is 2.22. The van der Waals surface area contributed by atoms with Crippen molar-refractivity contribution < 1.29 is 4.79 Å². The largest absolute Gasteiger partial charge is 0.338 e. The van der Waals surface area contributed by atoms with Gasteiger partial charge in [0.05, 0.1) is 0 Å². The number of amides is 1. The first kappa shape index (κ1) is 15.8. The molecule has 1 fully saturated rings. The van der Waals surface area contributed by atoms with E-state index in [-0.39, 0.29) is 5.91 Å². The fourth-order valence-corrected chi connectivity index (χ4v) is 3.41. The van der Waals surface area contributed by atoms with Gasteiger partial charge < -0.3 is 4.90 Å². The van der Waals surface area contributed by atoms with Gasteiger partial charge in [-0.3, -0.25) is 4.79 Å². The zero-order valence-electron chi connectivity index (χ0n) is 13.9. The minimum absolute atomic E-state index is 0.199. The van der Waals surface area contributed by atoms with Gasteiger partial charge in [-0.05, 0) is 42.4 Å². The van der Waals surface area contributed by atoms with Crippen LogP contribution in [0.15, 0.2) is 54.6 Å². The Balaban J connectivity index is 1.83. The summed E-state index contributed by atoms with van der Waals surface area (Å²) < 4.78 is 0. The molecule has 2 heteroatoms. The molecule has 1 heterocycles. The van der Waals surface area contributed by atoms with Crippen LogP contribution >= 0.6 is 0 Å². The van der Waals surface area contributed by atoms with E-state index in [9.17, 15) is 4.79 Å². The predicted octanol–water partition coefficient (Wildman–Crippen LogP) is 4.54. The van der Waals surface area contributed by atoms with Gasteiger partial charge in [-0.25, -0.2) is 0 Å². The first-order chi connectivity index (χ1) is 11.2. The topological polar surface area (TPSA) is 20.3 Å². The molecule has 0 aliphatic carbocycles. The van der Waals surface area contributed by atoms with Crippen LogP contribution in [0.25, 0.3) is 0 Å². The van der Waals surface area contributed by atoms with Crippen LogP contribution in [0.3, 0.4) is 0 Å². The molecule has 0 spiro atoms. The van der Waals surface area contributed by atoms with Crippen molar-refractivity contribution in [1.29, 1.82) is 0 Å². The number of carbonyl (C=O) groups excluding carboxylic acids is 1. The normalized spacial score (nSPS) is 18.5. The van der Waals surface area contributed by atoms with E-state index < -0.39 is 0 Å². The number of hydrogen-bond acceptors (Lipinski definition) is 1. The van der Waals surface area contributed by atoms with Crippen molar-refractivity contribution in [3.05, 3.63) is 71.3 Å². The summed E-state index contributed by atoms with van der Waals surface area (Å²) in [5.41, 5.74) is 3.24. The van der Waals surface area contributed by atoms with E-state index in [1.54, 1.807) is 0 Å². The van der Waals surface area contributed by atoms with E-state index in [2.05, 4.69) is 42.2 Å². The van der Waals surface area contributed by atoms with E-state index in [4.69, 9.17) is 0 Å². The molecule has 0 radical (unpaired) electrons. The smallest absolute Gasteiger partial charge is 0.254 e. The minimum Gasteiger partial charge on any atom is -0.338 e. The second kappa shape index (κ2) is 7.45. The molecule has 1 amide bonds. The van der Waals surface area contributed by atoms with Crippen LogP contribution in [-0.4, -0.2) is 23.9 Å². The van der Waals surface area contributed by atoms with Crippen LogP contribution in [0.1, 0.15) is 47.7 Å². The van der Waals surface area contributed by atoms with Crippen LogP contribution in [0.2, 0.25) is 0 Å². The predicted molar refractivity (Wildman–Crippen MR) is 94.6 cm³/mol. The maximum Gasteiger partial charge on any atom is 0.254 e. The van der Waals surface area contributed by atoms with Gasteiger partial charge in [0.2, 0.25) is 0 Å². The molecular formula is C21H25NO. The number of benzene rings is 2. The molecule has 0 saturated carbocycles. The molecule has 1 aliphatic heterocycles. The maximum absolute atomic E-state index is 13.0. The molecule has 2 nitrogen and oxygen atoms in total. The lowest BCUT2D eigenvalue weighted by atomic mass is 9.98. The highest BCUT2D eigenvalue weighted by molar-refractivity contribution is 5.95. The molecule has 0 aromatic heterocycles. The summed E-state index contributed by atoms with van der Waals surface area (Å²) in [6.45, 7) is 4.03. The van der Waals surface area contributed by atoms with Crippen molar-refractivity contribution in [3.8, 4) is 0 Å². The molecule has 23 heavy (non-hydrogen) atoms. The van der Waals surface area contributed by atoms with Crippen molar-refractivity contribution >= 4 is 5.91 Å². The van der Waals surface area contributed by atoms with E-state index in [1.165, 1.54) is 18.4 Å². The van der Waals surface area contributed by atoms with Crippen LogP contribution in [0.4, 0.5) is 0 Å². The van der Waals surface area contributed by atoms with Crippen molar-refractivity contribution in [2.75, 3.05) is 13.1 Å². The zero-order chi connectivity index (χ0) is 16.1. The van der Waals surface area contributed by atoms with Gasteiger partial charge in [0.25, 0.3) is 5.91 Å². The average Bonchev–Trinajstić information content (AvgIpc) is 2.80. The van der Waals surface area contributed by atoms with Crippen LogP contribution < -0.4 is 0 Å². The van der Waals surface area contributed by atoms with E-state index >= 15 is 0 Å². The summed E-state index contributed by atoms with van der Waals surface area (Å²) in [5.74, 6) is 0.799. The Morgan fingerprint density at radius 2 is 1.78 bits per heavy atom. The quantitative estimate of drug-likeness (QED) is 0.815.